The third-order valence-corrected chi connectivity index (χ3v) is 4.40. The zero-order valence-electron chi connectivity index (χ0n) is 13.6. The van der Waals surface area contributed by atoms with Crippen molar-refractivity contribution >= 4 is 11.6 Å². The molecule has 5 nitrogen and oxygen atoms in total. The predicted octanol–water partition coefficient (Wildman–Crippen LogP) is 2.76. The number of anilines is 2. The molecule has 0 spiro atoms. The van der Waals surface area contributed by atoms with Crippen LogP contribution in [0.15, 0.2) is 36.5 Å². The van der Waals surface area contributed by atoms with Crippen molar-refractivity contribution in [3.8, 4) is 6.07 Å². The summed E-state index contributed by atoms with van der Waals surface area (Å²) in [6.45, 7) is 3.98. The Balaban J connectivity index is 1.73. The molecule has 1 aromatic carbocycles. The van der Waals surface area contributed by atoms with Gasteiger partial charge in [0.15, 0.2) is 0 Å². The highest BCUT2D eigenvalue weighted by Gasteiger charge is 2.25. The Hall–Kier alpha value is -2.61. The number of nitriles is 1. The Morgan fingerprint density at radius 3 is 2.74 bits per heavy atom. The number of aromatic nitrogens is 2. The van der Waals surface area contributed by atoms with Gasteiger partial charge in [-0.05, 0) is 50.1 Å². The van der Waals surface area contributed by atoms with Gasteiger partial charge in [0.1, 0.15) is 0 Å². The van der Waals surface area contributed by atoms with E-state index in [1.54, 1.807) is 0 Å². The predicted molar refractivity (Wildman–Crippen MR) is 91.6 cm³/mol. The Bertz CT molecular complexity index is 704. The zero-order valence-corrected chi connectivity index (χ0v) is 13.6. The van der Waals surface area contributed by atoms with E-state index < -0.39 is 0 Å². The number of likely N-dealkylation sites (N-methyl/N-ethyl adjacent to an activating group) is 1. The minimum atomic E-state index is 0.390. The molecule has 0 saturated carbocycles. The maximum Gasteiger partial charge on any atom is 0.225 e. The molecule has 5 heteroatoms. The molecule has 1 atom stereocenters. The van der Waals surface area contributed by atoms with E-state index >= 15 is 0 Å². The number of aryl methyl sites for hydroxylation is 1. The van der Waals surface area contributed by atoms with Crippen molar-refractivity contribution in [3.63, 3.8) is 0 Å². The van der Waals surface area contributed by atoms with Crippen molar-refractivity contribution in [3.05, 3.63) is 47.8 Å². The smallest absolute Gasteiger partial charge is 0.225 e. The molecule has 1 aromatic heterocycles. The van der Waals surface area contributed by atoms with Gasteiger partial charge in [-0.2, -0.15) is 5.26 Å². The quantitative estimate of drug-likeness (QED) is 0.872. The average molecular weight is 307 g/mol. The van der Waals surface area contributed by atoms with Crippen LogP contribution in [0.4, 0.5) is 11.6 Å². The fraction of sp³-hybridized carbons (Fsp3) is 0.389. The molecule has 118 valence electrons. The monoisotopic (exact) mass is 307 g/mol. The van der Waals surface area contributed by atoms with E-state index in [0.29, 0.717) is 11.6 Å². The van der Waals surface area contributed by atoms with Crippen LogP contribution in [-0.4, -0.2) is 36.1 Å². The van der Waals surface area contributed by atoms with Gasteiger partial charge in [0.2, 0.25) is 5.95 Å². The molecule has 2 aromatic rings. The third kappa shape index (κ3) is 3.42. The molecule has 1 aliphatic heterocycles. The largest absolute Gasteiger partial charge is 0.369 e. The second-order valence-corrected chi connectivity index (χ2v) is 6.01. The van der Waals surface area contributed by atoms with Gasteiger partial charge in [-0.1, -0.05) is 0 Å². The summed E-state index contributed by atoms with van der Waals surface area (Å²) >= 11 is 0. The summed E-state index contributed by atoms with van der Waals surface area (Å²) in [5.41, 5.74) is 2.86. The third-order valence-electron chi connectivity index (χ3n) is 4.40. The summed E-state index contributed by atoms with van der Waals surface area (Å²) in [5, 5.41) is 8.92. The lowest BCUT2D eigenvalue weighted by Crippen LogP contribution is -2.47. The molecule has 0 amide bonds. The van der Waals surface area contributed by atoms with Crippen LogP contribution in [0.25, 0.3) is 0 Å². The first-order valence-corrected chi connectivity index (χ1v) is 7.95. The number of hydrogen-bond acceptors (Lipinski definition) is 5. The lowest BCUT2D eigenvalue weighted by Gasteiger charge is -2.38. The molecular weight excluding hydrogens is 286 g/mol. The van der Waals surface area contributed by atoms with Crippen molar-refractivity contribution in [2.24, 2.45) is 0 Å². The molecular formula is C18H21N5. The lowest BCUT2D eigenvalue weighted by atomic mass is 10.0. The summed E-state index contributed by atoms with van der Waals surface area (Å²) in [6.07, 6.45) is 4.09. The molecule has 0 N–H and O–H groups in total. The Labute approximate surface area is 137 Å². The summed E-state index contributed by atoms with van der Waals surface area (Å²) in [5.74, 6) is 0.789. The minimum absolute atomic E-state index is 0.390. The maximum atomic E-state index is 8.92. The average Bonchev–Trinajstić information content (AvgIpc) is 2.61. The highest BCUT2D eigenvalue weighted by Crippen LogP contribution is 2.24. The van der Waals surface area contributed by atoms with Crippen molar-refractivity contribution < 1.29 is 0 Å². The van der Waals surface area contributed by atoms with Gasteiger partial charge in [0, 0.05) is 43.8 Å². The van der Waals surface area contributed by atoms with Gasteiger partial charge >= 0.3 is 0 Å². The van der Waals surface area contributed by atoms with Gasteiger partial charge < -0.3 is 9.80 Å². The standard InChI is InChI=1S/C18H21N5/c1-14-9-10-20-18(21-14)22(2)17-4-3-11-23(13-17)16-7-5-15(12-19)6-8-16/h5-10,17H,3-4,11,13H2,1-2H3. The Morgan fingerprint density at radius 1 is 1.26 bits per heavy atom. The topological polar surface area (TPSA) is 56.1 Å². The van der Waals surface area contributed by atoms with Crippen molar-refractivity contribution in [2.75, 3.05) is 29.9 Å². The summed E-state index contributed by atoms with van der Waals surface area (Å²) in [7, 11) is 2.07. The molecule has 0 aliphatic carbocycles. The second-order valence-electron chi connectivity index (χ2n) is 6.01. The Morgan fingerprint density at radius 2 is 2.04 bits per heavy atom. The van der Waals surface area contributed by atoms with E-state index in [9.17, 15) is 0 Å². The molecule has 2 heterocycles. The van der Waals surface area contributed by atoms with E-state index in [4.69, 9.17) is 5.26 Å². The summed E-state index contributed by atoms with van der Waals surface area (Å²) in [4.78, 5) is 13.5. The SMILES string of the molecule is Cc1ccnc(N(C)C2CCCN(c3ccc(C#N)cc3)C2)n1. The number of rotatable bonds is 3. The first-order valence-electron chi connectivity index (χ1n) is 7.95. The van der Waals surface area contributed by atoms with E-state index in [1.165, 1.54) is 5.69 Å². The van der Waals surface area contributed by atoms with E-state index in [0.717, 1.165) is 37.6 Å². The molecule has 0 radical (unpaired) electrons. The van der Waals surface area contributed by atoms with Crippen LogP contribution < -0.4 is 9.80 Å². The highest BCUT2D eigenvalue weighted by atomic mass is 15.3. The van der Waals surface area contributed by atoms with Crippen LogP contribution in [-0.2, 0) is 0 Å². The van der Waals surface area contributed by atoms with Gasteiger partial charge in [-0.3, -0.25) is 0 Å². The van der Waals surface area contributed by atoms with Crippen molar-refractivity contribution in [2.45, 2.75) is 25.8 Å². The number of piperidine rings is 1. The zero-order chi connectivity index (χ0) is 16.2. The van der Waals surface area contributed by atoms with Crippen LogP contribution in [0.5, 0.6) is 0 Å². The second kappa shape index (κ2) is 6.66. The van der Waals surface area contributed by atoms with Crippen LogP contribution in [0.1, 0.15) is 24.1 Å². The van der Waals surface area contributed by atoms with Crippen molar-refractivity contribution in [1.82, 2.24) is 9.97 Å². The van der Waals surface area contributed by atoms with Gasteiger partial charge in [0.05, 0.1) is 11.6 Å². The first kappa shape index (κ1) is 15.3. The maximum absolute atomic E-state index is 8.92. The molecule has 3 rings (SSSR count). The van der Waals surface area contributed by atoms with Crippen LogP contribution in [0.2, 0.25) is 0 Å². The summed E-state index contributed by atoms with van der Waals surface area (Å²) < 4.78 is 0. The molecule has 1 unspecified atom stereocenters. The summed E-state index contributed by atoms with van der Waals surface area (Å²) in [6, 6.07) is 12.3. The number of hydrogen-bond donors (Lipinski definition) is 0. The molecule has 1 fully saturated rings. The van der Waals surface area contributed by atoms with E-state index in [-0.39, 0.29) is 0 Å². The van der Waals surface area contributed by atoms with Gasteiger partial charge in [0.25, 0.3) is 0 Å². The highest BCUT2D eigenvalue weighted by molar-refractivity contribution is 5.50. The van der Waals surface area contributed by atoms with Gasteiger partial charge in [-0.25, -0.2) is 9.97 Å². The van der Waals surface area contributed by atoms with Crippen LogP contribution >= 0.6 is 0 Å². The fourth-order valence-corrected chi connectivity index (χ4v) is 3.02. The minimum Gasteiger partial charge on any atom is -0.369 e. The van der Waals surface area contributed by atoms with E-state index in [1.807, 2.05) is 43.5 Å². The molecule has 0 bridgehead atoms. The normalized spacial score (nSPS) is 17.6. The fourth-order valence-electron chi connectivity index (χ4n) is 3.02. The van der Waals surface area contributed by atoms with Crippen LogP contribution in [0.3, 0.4) is 0 Å². The lowest BCUT2D eigenvalue weighted by molar-refractivity contribution is 0.483. The number of nitrogens with zero attached hydrogens (tertiary/aromatic N) is 5. The van der Waals surface area contributed by atoms with Crippen molar-refractivity contribution in [1.29, 1.82) is 5.26 Å². The first-order chi connectivity index (χ1) is 11.2. The van der Waals surface area contributed by atoms with Gasteiger partial charge in [-0.15, -0.1) is 0 Å². The Kier molecular flexibility index (Phi) is 4.42. The molecule has 1 saturated heterocycles. The van der Waals surface area contributed by atoms with E-state index in [2.05, 4.69) is 32.9 Å². The molecule has 23 heavy (non-hydrogen) atoms. The molecule has 1 aliphatic rings. The number of benzene rings is 1. The van der Waals surface area contributed by atoms with Crippen LogP contribution in [0, 0.1) is 18.3 Å².